The molecule has 2 aromatic carbocycles. The summed E-state index contributed by atoms with van der Waals surface area (Å²) in [6.45, 7) is 5.61. The van der Waals surface area contributed by atoms with Crippen LogP contribution < -0.4 is 5.56 Å². The summed E-state index contributed by atoms with van der Waals surface area (Å²) >= 11 is 0. The van der Waals surface area contributed by atoms with Crippen molar-refractivity contribution in [2.75, 3.05) is 6.54 Å². The third-order valence-corrected chi connectivity index (χ3v) is 7.01. The number of aromatic amines is 1. The maximum atomic E-state index is 13.5. The topological polar surface area (TPSA) is 79.7 Å². The van der Waals surface area contributed by atoms with Crippen molar-refractivity contribution in [1.29, 1.82) is 0 Å². The molecule has 1 N–H and O–H groups in total. The van der Waals surface area contributed by atoms with Crippen LogP contribution in [0.15, 0.2) is 59.4 Å². The number of fused-ring (bicyclic) bond motifs is 1. The quantitative estimate of drug-likeness (QED) is 0.426. The van der Waals surface area contributed by atoms with Crippen molar-refractivity contribution in [3.63, 3.8) is 0 Å². The van der Waals surface area contributed by atoms with Crippen LogP contribution in [-0.2, 0) is 6.54 Å². The van der Waals surface area contributed by atoms with Gasteiger partial charge in [-0.15, -0.1) is 5.10 Å². The molecule has 0 radical (unpaired) electrons. The third-order valence-electron chi connectivity index (χ3n) is 7.01. The molecule has 0 amide bonds. The highest BCUT2D eigenvalue weighted by atomic mass is 16.1. The van der Waals surface area contributed by atoms with Gasteiger partial charge in [0, 0.05) is 17.6 Å². The van der Waals surface area contributed by atoms with Crippen molar-refractivity contribution in [2.24, 2.45) is 0 Å². The number of hydrogen-bond donors (Lipinski definition) is 1. The molecule has 0 aliphatic heterocycles. The van der Waals surface area contributed by atoms with Gasteiger partial charge in [-0.3, -0.25) is 9.69 Å². The van der Waals surface area contributed by atoms with Gasteiger partial charge in [0.1, 0.15) is 6.04 Å². The van der Waals surface area contributed by atoms with E-state index in [1.54, 1.807) is 0 Å². The zero-order chi connectivity index (χ0) is 23.5. The number of nitrogens with zero attached hydrogens (tertiary/aromatic N) is 5. The first kappa shape index (κ1) is 22.5. The predicted molar refractivity (Wildman–Crippen MR) is 134 cm³/mol. The largest absolute Gasteiger partial charge is 0.322 e. The van der Waals surface area contributed by atoms with Crippen LogP contribution in [0.25, 0.3) is 10.9 Å². The number of hydrogen-bond acceptors (Lipinski definition) is 5. The highest BCUT2D eigenvalue weighted by Gasteiger charge is 2.32. The summed E-state index contributed by atoms with van der Waals surface area (Å²) in [5, 5.41) is 14.1. The zero-order valence-corrected chi connectivity index (χ0v) is 19.9. The number of aryl methyl sites for hydroxylation is 1. The van der Waals surface area contributed by atoms with Crippen LogP contribution >= 0.6 is 0 Å². The molecule has 7 heteroatoms. The fourth-order valence-corrected chi connectivity index (χ4v) is 5.20. The van der Waals surface area contributed by atoms with Gasteiger partial charge in [-0.05, 0) is 65.4 Å². The summed E-state index contributed by atoms with van der Waals surface area (Å²) in [5.74, 6) is 0.752. The summed E-state index contributed by atoms with van der Waals surface area (Å²) in [4.78, 5) is 18.9. The zero-order valence-electron chi connectivity index (χ0n) is 19.9. The Kier molecular flexibility index (Phi) is 6.54. The van der Waals surface area contributed by atoms with E-state index >= 15 is 0 Å². The standard InChI is InChI=1S/C27H32N6O/c1-3-32(18-20-10-6-4-7-11-20)25(26-29-30-31-33(26)22-12-8-5-9-13-22)23-17-21-15-14-19(2)16-24(21)28-27(23)34/h4,6-7,10-11,14-17,22,25H,3,5,8-9,12-13,18H2,1-2H3,(H,28,34). The van der Waals surface area contributed by atoms with Crippen molar-refractivity contribution in [2.45, 2.75) is 64.6 Å². The molecule has 1 fully saturated rings. The van der Waals surface area contributed by atoms with Crippen LogP contribution in [0.3, 0.4) is 0 Å². The first-order valence-electron chi connectivity index (χ1n) is 12.3. The van der Waals surface area contributed by atoms with Crippen molar-refractivity contribution in [3.05, 3.63) is 87.5 Å². The fourth-order valence-electron chi connectivity index (χ4n) is 5.20. The number of rotatable bonds is 7. The molecule has 176 valence electrons. The number of tetrazole rings is 1. The SMILES string of the molecule is CCN(Cc1ccccc1)C(c1cc2ccc(C)cc2[nH]c1=O)c1nnnn1C1CCCCC1. The normalized spacial score (nSPS) is 15.7. The lowest BCUT2D eigenvalue weighted by atomic mass is 9.95. The molecule has 1 atom stereocenters. The van der Waals surface area contributed by atoms with Crippen molar-refractivity contribution in [3.8, 4) is 0 Å². The Morgan fingerprint density at radius 2 is 1.88 bits per heavy atom. The highest BCUT2D eigenvalue weighted by molar-refractivity contribution is 5.79. The van der Waals surface area contributed by atoms with E-state index in [1.165, 1.54) is 24.8 Å². The van der Waals surface area contributed by atoms with Gasteiger partial charge in [-0.1, -0.05) is 68.7 Å². The molecule has 5 rings (SSSR count). The molecule has 2 heterocycles. The molecule has 2 aromatic heterocycles. The van der Waals surface area contributed by atoms with Crippen LogP contribution in [0.4, 0.5) is 0 Å². The predicted octanol–water partition coefficient (Wildman–Crippen LogP) is 4.94. The number of nitrogens with one attached hydrogen (secondary N) is 1. The van der Waals surface area contributed by atoms with Gasteiger partial charge in [0.2, 0.25) is 0 Å². The minimum Gasteiger partial charge on any atom is -0.322 e. The molecular weight excluding hydrogens is 424 g/mol. The first-order valence-corrected chi connectivity index (χ1v) is 12.3. The summed E-state index contributed by atoms with van der Waals surface area (Å²) in [6.07, 6.45) is 5.78. The molecule has 1 aliphatic rings. The lowest BCUT2D eigenvalue weighted by Gasteiger charge is -2.32. The fraction of sp³-hybridized carbons (Fsp3) is 0.407. The summed E-state index contributed by atoms with van der Waals surface area (Å²) in [6, 6.07) is 18.5. The van der Waals surface area contributed by atoms with Gasteiger partial charge in [0.15, 0.2) is 5.82 Å². The second kappa shape index (κ2) is 9.89. The number of pyridine rings is 1. The molecule has 1 aliphatic carbocycles. The van der Waals surface area contributed by atoms with Crippen molar-refractivity contribution in [1.82, 2.24) is 30.1 Å². The lowest BCUT2D eigenvalue weighted by Crippen LogP contribution is -2.35. The molecule has 0 saturated heterocycles. The maximum Gasteiger partial charge on any atom is 0.253 e. The maximum absolute atomic E-state index is 13.5. The van der Waals surface area contributed by atoms with Gasteiger partial charge < -0.3 is 4.98 Å². The van der Waals surface area contributed by atoms with E-state index in [2.05, 4.69) is 68.7 Å². The summed E-state index contributed by atoms with van der Waals surface area (Å²) in [5.41, 5.74) is 3.76. The van der Waals surface area contributed by atoms with E-state index in [0.717, 1.165) is 41.7 Å². The van der Waals surface area contributed by atoms with Crippen LogP contribution in [-0.4, -0.2) is 36.6 Å². The molecular formula is C27H32N6O. The first-order chi connectivity index (χ1) is 16.6. The minimum atomic E-state index is -0.350. The van der Waals surface area contributed by atoms with Crippen LogP contribution in [0.1, 0.15) is 73.6 Å². The van der Waals surface area contributed by atoms with E-state index < -0.39 is 0 Å². The van der Waals surface area contributed by atoms with Crippen LogP contribution in [0.5, 0.6) is 0 Å². The number of H-pyrrole nitrogens is 1. The average molecular weight is 457 g/mol. The molecule has 1 unspecified atom stereocenters. The Morgan fingerprint density at radius 1 is 1.09 bits per heavy atom. The van der Waals surface area contributed by atoms with E-state index in [4.69, 9.17) is 0 Å². The number of benzene rings is 2. The van der Waals surface area contributed by atoms with Gasteiger partial charge in [0.05, 0.1) is 6.04 Å². The average Bonchev–Trinajstić information content (AvgIpc) is 3.34. The third kappa shape index (κ3) is 4.53. The molecule has 0 bridgehead atoms. The summed E-state index contributed by atoms with van der Waals surface area (Å²) < 4.78 is 2.00. The Hall–Kier alpha value is -3.32. The smallest absolute Gasteiger partial charge is 0.253 e. The van der Waals surface area contributed by atoms with Crippen LogP contribution in [0.2, 0.25) is 0 Å². The van der Waals surface area contributed by atoms with E-state index in [0.29, 0.717) is 12.1 Å². The number of aromatic nitrogens is 5. The van der Waals surface area contributed by atoms with Crippen molar-refractivity contribution >= 4 is 10.9 Å². The molecule has 34 heavy (non-hydrogen) atoms. The Bertz CT molecular complexity index is 1310. The lowest BCUT2D eigenvalue weighted by molar-refractivity contribution is 0.204. The van der Waals surface area contributed by atoms with Crippen molar-refractivity contribution < 1.29 is 0 Å². The van der Waals surface area contributed by atoms with E-state index in [9.17, 15) is 4.79 Å². The molecule has 1 saturated carbocycles. The monoisotopic (exact) mass is 456 g/mol. The van der Waals surface area contributed by atoms with Gasteiger partial charge in [-0.25, -0.2) is 4.68 Å². The van der Waals surface area contributed by atoms with Crippen LogP contribution in [0, 0.1) is 6.92 Å². The second-order valence-corrected chi connectivity index (χ2v) is 9.37. The Morgan fingerprint density at radius 3 is 2.65 bits per heavy atom. The Labute approximate surface area is 199 Å². The van der Waals surface area contributed by atoms with Gasteiger partial charge in [0.25, 0.3) is 5.56 Å². The molecule has 0 spiro atoms. The van der Waals surface area contributed by atoms with Gasteiger partial charge in [-0.2, -0.15) is 0 Å². The minimum absolute atomic E-state index is 0.0900. The summed E-state index contributed by atoms with van der Waals surface area (Å²) in [7, 11) is 0. The molecule has 4 aromatic rings. The molecule has 7 nitrogen and oxygen atoms in total. The van der Waals surface area contributed by atoms with E-state index in [1.807, 2.05) is 29.8 Å². The highest BCUT2D eigenvalue weighted by Crippen LogP contribution is 2.33. The van der Waals surface area contributed by atoms with Gasteiger partial charge >= 0.3 is 0 Å². The van der Waals surface area contributed by atoms with E-state index in [-0.39, 0.29) is 17.6 Å². The second-order valence-electron chi connectivity index (χ2n) is 9.37. The Balaban J connectivity index is 1.64.